The Morgan fingerprint density at radius 3 is 2.06 bits per heavy atom. The van der Waals surface area contributed by atoms with E-state index in [9.17, 15) is 4.79 Å². The standard InChI is InChI=1S/C30H38N2O3/c1-4-6-7-8-9-10-11-24-12-14-25(15-13-24)27-21-31-29(32-22-27)26-16-18-28(19-17-26)35-23(3)30(33)34-20-5-2/h12-19,21-23H,4-11,20H2,1-3H3. The van der Waals surface area contributed by atoms with Crippen molar-refractivity contribution >= 4 is 5.97 Å². The lowest BCUT2D eigenvalue weighted by atomic mass is 10.0. The van der Waals surface area contributed by atoms with Gasteiger partial charge in [0, 0.05) is 23.5 Å². The molecule has 0 spiro atoms. The summed E-state index contributed by atoms with van der Waals surface area (Å²) in [6.07, 6.45) is 12.9. The Kier molecular flexibility index (Phi) is 10.7. The van der Waals surface area contributed by atoms with Crippen molar-refractivity contribution in [2.45, 2.75) is 78.2 Å². The average Bonchev–Trinajstić information content (AvgIpc) is 2.90. The highest BCUT2D eigenvalue weighted by atomic mass is 16.6. The second-order valence-electron chi connectivity index (χ2n) is 8.96. The highest BCUT2D eigenvalue weighted by Crippen LogP contribution is 2.23. The fraction of sp³-hybridized carbons (Fsp3) is 0.433. The van der Waals surface area contributed by atoms with Crippen LogP contribution in [0.3, 0.4) is 0 Å². The monoisotopic (exact) mass is 474 g/mol. The highest BCUT2D eigenvalue weighted by Gasteiger charge is 2.16. The van der Waals surface area contributed by atoms with Crippen LogP contribution < -0.4 is 4.74 Å². The van der Waals surface area contributed by atoms with Gasteiger partial charge in [0.2, 0.25) is 0 Å². The molecule has 1 aromatic heterocycles. The number of hydrogen-bond donors (Lipinski definition) is 0. The highest BCUT2D eigenvalue weighted by molar-refractivity contribution is 5.74. The summed E-state index contributed by atoms with van der Waals surface area (Å²) >= 11 is 0. The van der Waals surface area contributed by atoms with Gasteiger partial charge in [-0.3, -0.25) is 0 Å². The molecule has 5 heteroatoms. The number of hydrogen-bond acceptors (Lipinski definition) is 5. The van der Waals surface area contributed by atoms with Crippen LogP contribution in [0, 0.1) is 0 Å². The van der Waals surface area contributed by atoms with Crippen LogP contribution in [0.15, 0.2) is 60.9 Å². The lowest BCUT2D eigenvalue weighted by molar-refractivity contribution is -0.151. The molecule has 0 amide bonds. The summed E-state index contributed by atoms with van der Waals surface area (Å²) in [7, 11) is 0. The van der Waals surface area contributed by atoms with Gasteiger partial charge in [0.25, 0.3) is 0 Å². The van der Waals surface area contributed by atoms with E-state index in [0.29, 0.717) is 18.2 Å². The molecule has 0 fully saturated rings. The minimum absolute atomic E-state index is 0.356. The smallest absolute Gasteiger partial charge is 0.347 e. The largest absolute Gasteiger partial charge is 0.479 e. The van der Waals surface area contributed by atoms with Crippen LogP contribution in [0.2, 0.25) is 0 Å². The molecule has 186 valence electrons. The number of aryl methyl sites for hydroxylation is 1. The molecule has 1 atom stereocenters. The number of esters is 1. The van der Waals surface area contributed by atoms with E-state index in [2.05, 4.69) is 41.2 Å². The van der Waals surface area contributed by atoms with Crippen LogP contribution in [0.5, 0.6) is 5.75 Å². The summed E-state index contributed by atoms with van der Waals surface area (Å²) in [6, 6.07) is 16.2. The van der Waals surface area contributed by atoms with Gasteiger partial charge in [0.05, 0.1) is 6.61 Å². The summed E-state index contributed by atoms with van der Waals surface area (Å²) in [5.74, 6) is 0.896. The predicted molar refractivity (Wildman–Crippen MR) is 141 cm³/mol. The Bertz CT molecular complexity index is 1010. The molecule has 0 aliphatic carbocycles. The van der Waals surface area contributed by atoms with E-state index in [4.69, 9.17) is 9.47 Å². The van der Waals surface area contributed by atoms with Gasteiger partial charge in [-0.2, -0.15) is 0 Å². The van der Waals surface area contributed by atoms with Gasteiger partial charge >= 0.3 is 5.97 Å². The molecule has 2 aromatic carbocycles. The zero-order chi connectivity index (χ0) is 24.9. The summed E-state index contributed by atoms with van der Waals surface area (Å²) in [5, 5.41) is 0. The van der Waals surface area contributed by atoms with Gasteiger partial charge in [0.15, 0.2) is 11.9 Å². The summed E-state index contributed by atoms with van der Waals surface area (Å²) < 4.78 is 10.8. The average molecular weight is 475 g/mol. The van der Waals surface area contributed by atoms with E-state index in [1.807, 2.05) is 43.6 Å². The predicted octanol–water partition coefficient (Wildman–Crippen LogP) is 7.43. The summed E-state index contributed by atoms with van der Waals surface area (Å²) in [6.45, 7) is 6.31. The van der Waals surface area contributed by atoms with Crippen molar-refractivity contribution in [3.63, 3.8) is 0 Å². The topological polar surface area (TPSA) is 61.3 Å². The van der Waals surface area contributed by atoms with E-state index < -0.39 is 6.10 Å². The van der Waals surface area contributed by atoms with Gasteiger partial charge < -0.3 is 9.47 Å². The Balaban J connectivity index is 1.52. The van der Waals surface area contributed by atoms with Crippen LogP contribution in [0.4, 0.5) is 0 Å². The van der Waals surface area contributed by atoms with E-state index >= 15 is 0 Å². The van der Waals surface area contributed by atoms with Crippen LogP contribution in [0.25, 0.3) is 22.5 Å². The maximum atomic E-state index is 11.9. The van der Waals surface area contributed by atoms with Crippen molar-refractivity contribution < 1.29 is 14.3 Å². The zero-order valence-corrected chi connectivity index (χ0v) is 21.3. The number of benzene rings is 2. The first-order chi connectivity index (χ1) is 17.1. The maximum Gasteiger partial charge on any atom is 0.347 e. The molecule has 0 radical (unpaired) electrons. The third-order valence-corrected chi connectivity index (χ3v) is 5.96. The van der Waals surface area contributed by atoms with Crippen LogP contribution in [-0.4, -0.2) is 28.6 Å². The Morgan fingerprint density at radius 2 is 1.40 bits per heavy atom. The first-order valence-corrected chi connectivity index (χ1v) is 13.0. The number of unbranched alkanes of at least 4 members (excludes halogenated alkanes) is 5. The lowest BCUT2D eigenvalue weighted by Crippen LogP contribution is -2.26. The first-order valence-electron chi connectivity index (χ1n) is 13.0. The van der Waals surface area contributed by atoms with Crippen LogP contribution in [0.1, 0.15) is 71.3 Å². The summed E-state index contributed by atoms with van der Waals surface area (Å²) in [4.78, 5) is 21.0. The summed E-state index contributed by atoms with van der Waals surface area (Å²) in [5.41, 5.74) is 4.40. The third kappa shape index (κ3) is 8.50. The number of carbonyl (C=O) groups is 1. The minimum Gasteiger partial charge on any atom is -0.479 e. The Hall–Kier alpha value is -3.21. The third-order valence-electron chi connectivity index (χ3n) is 5.96. The Labute approximate surface area is 209 Å². The molecule has 35 heavy (non-hydrogen) atoms. The SMILES string of the molecule is CCCCCCCCc1ccc(-c2cnc(-c3ccc(OC(C)C(=O)OCCC)cc3)nc2)cc1. The van der Waals surface area contributed by atoms with Gasteiger partial charge in [0.1, 0.15) is 5.75 Å². The number of aromatic nitrogens is 2. The van der Waals surface area contributed by atoms with Gasteiger partial charge in [-0.15, -0.1) is 0 Å². The van der Waals surface area contributed by atoms with Gasteiger partial charge in [-0.25, -0.2) is 14.8 Å². The van der Waals surface area contributed by atoms with Crippen molar-refractivity contribution in [2.24, 2.45) is 0 Å². The van der Waals surface area contributed by atoms with Crippen LogP contribution >= 0.6 is 0 Å². The van der Waals surface area contributed by atoms with E-state index in [1.165, 1.54) is 44.1 Å². The molecule has 0 aliphatic rings. The lowest BCUT2D eigenvalue weighted by Gasteiger charge is -2.14. The number of rotatable bonds is 14. The fourth-order valence-electron chi connectivity index (χ4n) is 3.85. The van der Waals surface area contributed by atoms with E-state index in [0.717, 1.165) is 29.5 Å². The van der Waals surface area contributed by atoms with Crippen molar-refractivity contribution in [2.75, 3.05) is 6.61 Å². The molecular formula is C30H38N2O3. The molecule has 0 saturated heterocycles. The van der Waals surface area contributed by atoms with E-state index in [1.54, 1.807) is 6.92 Å². The second kappa shape index (κ2) is 14.2. The fourth-order valence-corrected chi connectivity index (χ4v) is 3.85. The molecule has 0 N–H and O–H groups in total. The zero-order valence-electron chi connectivity index (χ0n) is 21.3. The number of ether oxygens (including phenoxy) is 2. The quantitative estimate of drug-likeness (QED) is 0.179. The van der Waals surface area contributed by atoms with Crippen LogP contribution in [-0.2, 0) is 16.0 Å². The van der Waals surface area contributed by atoms with E-state index in [-0.39, 0.29) is 5.97 Å². The maximum absolute atomic E-state index is 11.9. The second-order valence-corrected chi connectivity index (χ2v) is 8.96. The number of nitrogens with zero attached hydrogens (tertiary/aromatic N) is 2. The number of carbonyl (C=O) groups excluding carboxylic acids is 1. The van der Waals surface area contributed by atoms with Gasteiger partial charge in [-0.1, -0.05) is 70.2 Å². The molecule has 1 heterocycles. The van der Waals surface area contributed by atoms with Crippen molar-refractivity contribution in [1.82, 2.24) is 9.97 Å². The van der Waals surface area contributed by atoms with Crippen molar-refractivity contribution in [3.05, 3.63) is 66.5 Å². The molecule has 1 unspecified atom stereocenters. The molecule has 0 saturated carbocycles. The molecule has 3 aromatic rings. The molecule has 3 rings (SSSR count). The normalized spacial score (nSPS) is 11.7. The first kappa shape index (κ1) is 26.4. The van der Waals surface area contributed by atoms with Crippen molar-refractivity contribution in [1.29, 1.82) is 0 Å². The molecule has 0 aliphatic heterocycles. The van der Waals surface area contributed by atoms with Crippen molar-refractivity contribution in [3.8, 4) is 28.3 Å². The molecule has 5 nitrogen and oxygen atoms in total. The molecular weight excluding hydrogens is 436 g/mol. The van der Waals surface area contributed by atoms with Gasteiger partial charge in [-0.05, 0) is 61.6 Å². The molecule has 0 bridgehead atoms. The minimum atomic E-state index is -0.653. The Morgan fingerprint density at radius 1 is 0.771 bits per heavy atom.